The molecule has 0 aliphatic carbocycles. The maximum absolute atomic E-state index is 12.3. The molecule has 2 heterocycles. The Morgan fingerprint density at radius 3 is 2.73 bits per heavy atom. The summed E-state index contributed by atoms with van der Waals surface area (Å²) in [6.07, 6.45) is 2.93. The lowest BCUT2D eigenvalue weighted by molar-refractivity contribution is -0.116. The molecule has 0 unspecified atom stereocenters. The maximum atomic E-state index is 12.3. The predicted octanol–water partition coefficient (Wildman–Crippen LogP) is 4.11. The molecule has 3 aromatic rings. The van der Waals surface area contributed by atoms with E-state index >= 15 is 0 Å². The Kier molecular flexibility index (Phi) is 5.62. The SMILES string of the molecule is CSc1nc2nc(C)c(CCC(=O)Nc3ccc(Br)c(C)c3)c(C)n2n1. The maximum Gasteiger partial charge on any atom is 0.253 e. The number of rotatable bonds is 5. The molecular weight excluding hydrogens is 414 g/mol. The normalized spacial score (nSPS) is 11.1. The quantitative estimate of drug-likeness (QED) is 0.612. The Morgan fingerprint density at radius 1 is 1.27 bits per heavy atom. The molecule has 8 heteroatoms. The molecule has 0 spiro atoms. The summed E-state index contributed by atoms with van der Waals surface area (Å²) in [5.41, 5.74) is 4.80. The highest BCUT2D eigenvalue weighted by Crippen LogP contribution is 2.21. The second-order valence-electron chi connectivity index (χ2n) is 6.08. The molecule has 1 aromatic carbocycles. The number of carbonyl (C=O) groups excluding carboxylic acids is 1. The number of amides is 1. The summed E-state index contributed by atoms with van der Waals surface area (Å²) in [5, 5.41) is 8.09. The van der Waals surface area contributed by atoms with Crippen LogP contribution in [0.4, 0.5) is 5.69 Å². The van der Waals surface area contributed by atoms with Gasteiger partial charge in [-0.25, -0.2) is 9.50 Å². The number of thioether (sulfide) groups is 1. The molecule has 1 amide bonds. The standard InChI is InChI=1S/C18H20BrN5OS/c1-10-9-13(5-7-15(10)19)21-16(25)8-6-14-11(2)20-17-22-18(26-4)23-24(17)12(14)3/h5,7,9H,6,8H2,1-4H3,(H,21,25). The minimum atomic E-state index is -0.0194. The van der Waals surface area contributed by atoms with Crippen LogP contribution in [0.5, 0.6) is 0 Å². The Labute approximate surface area is 164 Å². The van der Waals surface area contributed by atoms with Gasteiger partial charge in [0.25, 0.3) is 5.78 Å². The fraction of sp³-hybridized carbons (Fsp3) is 0.333. The van der Waals surface area contributed by atoms with E-state index in [2.05, 4.69) is 36.3 Å². The molecule has 0 fully saturated rings. The summed E-state index contributed by atoms with van der Waals surface area (Å²) >= 11 is 4.95. The zero-order chi connectivity index (χ0) is 18.8. The molecule has 0 bridgehead atoms. The van der Waals surface area contributed by atoms with E-state index in [0.29, 0.717) is 23.8 Å². The summed E-state index contributed by atoms with van der Waals surface area (Å²) in [7, 11) is 0. The van der Waals surface area contributed by atoms with Gasteiger partial charge in [0.05, 0.1) is 0 Å². The van der Waals surface area contributed by atoms with Gasteiger partial charge in [0.15, 0.2) is 0 Å². The van der Waals surface area contributed by atoms with Crippen molar-refractivity contribution in [2.75, 3.05) is 11.6 Å². The van der Waals surface area contributed by atoms with E-state index in [0.717, 1.165) is 32.7 Å². The van der Waals surface area contributed by atoms with Gasteiger partial charge in [-0.2, -0.15) is 4.98 Å². The summed E-state index contributed by atoms with van der Waals surface area (Å²) in [6, 6.07) is 5.77. The number of fused-ring (bicyclic) bond motifs is 1. The number of halogens is 1. The van der Waals surface area contributed by atoms with Gasteiger partial charge in [-0.15, -0.1) is 5.10 Å². The molecule has 3 rings (SSSR count). The van der Waals surface area contributed by atoms with E-state index < -0.39 is 0 Å². The zero-order valence-electron chi connectivity index (χ0n) is 15.1. The van der Waals surface area contributed by atoms with E-state index in [1.165, 1.54) is 11.8 Å². The molecule has 26 heavy (non-hydrogen) atoms. The van der Waals surface area contributed by atoms with Crippen molar-refractivity contribution >= 4 is 45.1 Å². The fourth-order valence-electron chi connectivity index (χ4n) is 2.82. The average molecular weight is 434 g/mol. The van der Waals surface area contributed by atoms with E-state index in [1.54, 1.807) is 4.52 Å². The van der Waals surface area contributed by atoms with Crippen LogP contribution in [0.25, 0.3) is 5.78 Å². The molecule has 2 aromatic heterocycles. The van der Waals surface area contributed by atoms with Crippen molar-refractivity contribution in [3.63, 3.8) is 0 Å². The Morgan fingerprint density at radius 2 is 2.04 bits per heavy atom. The third kappa shape index (κ3) is 3.91. The van der Waals surface area contributed by atoms with Crippen LogP contribution >= 0.6 is 27.7 Å². The number of nitrogens with zero attached hydrogens (tertiary/aromatic N) is 4. The van der Waals surface area contributed by atoms with Crippen LogP contribution in [0, 0.1) is 20.8 Å². The zero-order valence-corrected chi connectivity index (χ0v) is 17.5. The highest BCUT2D eigenvalue weighted by molar-refractivity contribution is 9.10. The lowest BCUT2D eigenvalue weighted by atomic mass is 10.1. The van der Waals surface area contributed by atoms with E-state index in [9.17, 15) is 4.79 Å². The van der Waals surface area contributed by atoms with Crippen LogP contribution in [0.3, 0.4) is 0 Å². The van der Waals surface area contributed by atoms with Crippen molar-refractivity contribution < 1.29 is 4.79 Å². The first kappa shape index (κ1) is 18.8. The average Bonchev–Trinajstić information content (AvgIpc) is 3.01. The summed E-state index contributed by atoms with van der Waals surface area (Å²) < 4.78 is 2.78. The van der Waals surface area contributed by atoms with Gasteiger partial charge in [0.2, 0.25) is 11.1 Å². The number of hydrogen-bond donors (Lipinski definition) is 1. The molecule has 0 aliphatic heterocycles. The van der Waals surface area contributed by atoms with E-state index in [1.807, 2.05) is 45.2 Å². The van der Waals surface area contributed by atoms with Crippen LogP contribution < -0.4 is 5.32 Å². The highest BCUT2D eigenvalue weighted by Gasteiger charge is 2.14. The molecule has 0 saturated carbocycles. The molecular formula is C18H20BrN5OS. The summed E-state index contributed by atoms with van der Waals surface area (Å²) in [6.45, 7) is 5.94. The molecule has 0 saturated heterocycles. The van der Waals surface area contributed by atoms with Crippen molar-refractivity contribution in [3.05, 3.63) is 45.2 Å². The van der Waals surface area contributed by atoms with Gasteiger partial charge in [0.1, 0.15) is 0 Å². The van der Waals surface area contributed by atoms with Crippen molar-refractivity contribution in [1.29, 1.82) is 0 Å². The summed E-state index contributed by atoms with van der Waals surface area (Å²) in [4.78, 5) is 21.2. The second-order valence-corrected chi connectivity index (χ2v) is 7.71. The number of hydrogen-bond acceptors (Lipinski definition) is 5. The largest absolute Gasteiger partial charge is 0.326 e. The number of aryl methyl sites for hydroxylation is 3. The van der Waals surface area contributed by atoms with Crippen LogP contribution in [0.1, 0.15) is 28.9 Å². The third-order valence-electron chi connectivity index (χ3n) is 4.26. The lowest BCUT2D eigenvalue weighted by Crippen LogP contribution is -2.14. The molecule has 136 valence electrons. The second kappa shape index (κ2) is 7.75. The molecule has 0 radical (unpaired) electrons. The van der Waals surface area contributed by atoms with Crippen molar-refractivity contribution in [3.8, 4) is 0 Å². The summed E-state index contributed by atoms with van der Waals surface area (Å²) in [5.74, 6) is 0.580. The Bertz CT molecular complexity index is 985. The van der Waals surface area contributed by atoms with Gasteiger partial charge in [0, 0.05) is 28.0 Å². The van der Waals surface area contributed by atoms with Crippen molar-refractivity contribution in [2.45, 2.75) is 38.8 Å². The minimum absolute atomic E-state index is 0.0194. The number of benzene rings is 1. The lowest BCUT2D eigenvalue weighted by Gasteiger charge is -2.11. The minimum Gasteiger partial charge on any atom is -0.326 e. The predicted molar refractivity (Wildman–Crippen MR) is 108 cm³/mol. The fourth-order valence-corrected chi connectivity index (χ4v) is 3.41. The third-order valence-corrected chi connectivity index (χ3v) is 5.68. The first-order valence-electron chi connectivity index (χ1n) is 8.22. The topological polar surface area (TPSA) is 72.2 Å². The van der Waals surface area contributed by atoms with E-state index in [4.69, 9.17) is 0 Å². The van der Waals surface area contributed by atoms with Gasteiger partial charge in [-0.1, -0.05) is 27.7 Å². The van der Waals surface area contributed by atoms with Crippen molar-refractivity contribution in [2.24, 2.45) is 0 Å². The number of carbonyl (C=O) groups is 1. The Hall–Kier alpha value is -1.93. The smallest absolute Gasteiger partial charge is 0.253 e. The van der Waals surface area contributed by atoms with Gasteiger partial charge in [-0.05, 0) is 62.8 Å². The molecule has 1 N–H and O–H groups in total. The Balaban J connectivity index is 1.74. The number of anilines is 1. The van der Waals surface area contributed by atoms with Gasteiger partial charge < -0.3 is 5.32 Å². The first-order chi connectivity index (χ1) is 12.4. The molecule has 0 atom stereocenters. The van der Waals surface area contributed by atoms with Crippen LogP contribution in [0.15, 0.2) is 27.8 Å². The van der Waals surface area contributed by atoms with Crippen LogP contribution in [-0.2, 0) is 11.2 Å². The molecule has 0 aliphatic rings. The van der Waals surface area contributed by atoms with Crippen LogP contribution in [-0.4, -0.2) is 31.7 Å². The number of nitrogens with one attached hydrogen (secondary N) is 1. The van der Waals surface area contributed by atoms with Crippen LogP contribution in [0.2, 0.25) is 0 Å². The van der Waals surface area contributed by atoms with Crippen molar-refractivity contribution in [1.82, 2.24) is 19.6 Å². The monoisotopic (exact) mass is 433 g/mol. The molecule has 6 nitrogen and oxygen atoms in total. The first-order valence-corrected chi connectivity index (χ1v) is 10.2. The van der Waals surface area contributed by atoms with E-state index in [-0.39, 0.29) is 5.91 Å². The number of aromatic nitrogens is 4. The van der Waals surface area contributed by atoms with Gasteiger partial charge >= 0.3 is 0 Å². The van der Waals surface area contributed by atoms with Gasteiger partial charge in [-0.3, -0.25) is 4.79 Å². The highest BCUT2D eigenvalue weighted by atomic mass is 79.9.